The Balaban J connectivity index is 1.61. The van der Waals surface area contributed by atoms with E-state index in [1.807, 2.05) is 16.7 Å². The van der Waals surface area contributed by atoms with Crippen LogP contribution >= 0.6 is 0 Å². The van der Waals surface area contributed by atoms with E-state index in [0.29, 0.717) is 35.5 Å². The molecule has 0 unspecified atom stereocenters. The van der Waals surface area contributed by atoms with Crippen molar-refractivity contribution >= 4 is 34.4 Å². The number of hydrogen-bond acceptors (Lipinski definition) is 7. The number of nitrogens with one attached hydrogen (secondary N) is 2. The molecule has 0 bridgehead atoms. The Morgan fingerprint density at radius 1 is 1.20 bits per heavy atom. The molecular formula is C26H32FN7O. The molecule has 9 heteroatoms. The van der Waals surface area contributed by atoms with Crippen LogP contribution in [-0.2, 0) is 11.3 Å². The Hall–Kier alpha value is -3.72. The zero-order chi connectivity index (χ0) is 24.8. The molecule has 184 valence electrons. The summed E-state index contributed by atoms with van der Waals surface area (Å²) in [5.74, 6) is 0.862. The molecule has 2 N–H and O–H groups in total. The average Bonchev–Trinajstić information content (AvgIpc) is 3.19. The van der Waals surface area contributed by atoms with Crippen molar-refractivity contribution in [2.45, 2.75) is 27.3 Å². The van der Waals surface area contributed by atoms with Gasteiger partial charge in [-0.2, -0.15) is 4.98 Å². The number of fused-ring (bicyclic) bond motifs is 1. The normalized spacial score (nSPS) is 15.1. The van der Waals surface area contributed by atoms with Crippen molar-refractivity contribution in [3.05, 3.63) is 66.8 Å². The van der Waals surface area contributed by atoms with Gasteiger partial charge in [0.15, 0.2) is 5.65 Å². The van der Waals surface area contributed by atoms with E-state index in [1.165, 1.54) is 12.2 Å². The predicted octanol–water partition coefficient (Wildman–Crippen LogP) is 5.42. The Bertz CT molecular complexity index is 1220. The lowest BCUT2D eigenvalue weighted by atomic mass is 10.2. The highest BCUT2D eigenvalue weighted by Crippen LogP contribution is 2.25. The first-order chi connectivity index (χ1) is 17.0. The molecule has 3 aromatic rings. The van der Waals surface area contributed by atoms with E-state index in [2.05, 4.69) is 58.1 Å². The summed E-state index contributed by atoms with van der Waals surface area (Å²) in [7, 11) is 0. The molecule has 0 radical (unpaired) electrons. The van der Waals surface area contributed by atoms with Crippen molar-refractivity contribution in [1.29, 1.82) is 0 Å². The first-order valence-corrected chi connectivity index (χ1v) is 11.8. The van der Waals surface area contributed by atoms with Crippen LogP contribution in [0.3, 0.4) is 0 Å². The van der Waals surface area contributed by atoms with Gasteiger partial charge >= 0.3 is 0 Å². The van der Waals surface area contributed by atoms with Crippen LogP contribution in [-0.4, -0.2) is 45.8 Å². The largest absolute Gasteiger partial charge is 0.378 e. The summed E-state index contributed by atoms with van der Waals surface area (Å²) >= 11 is 0. The Labute approximate surface area is 205 Å². The first-order valence-electron chi connectivity index (χ1n) is 11.8. The second-order valence-electron chi connectivity index (χ2n) is 8.70. The highest BCUT2D eigenvalue weighted by atomic mass is 19.1. The molecule has 1 saturated heterocycles. The maximum Gasteiger partial charge on any atom is 0.229 e. The van der Waals surface area contributed by atoms with Gasteiger partial charge in [-0.15, -0.1) is 0 Å². The number of hydrogen-bond donors (Lipinski definition) is 2. The average molecular weight is 478 g/mol. The lowest BCUT2D eigenvalue weighted by Gasteiger charge is -2.28. The van der Waals surface area contributed by atoms with Gasteiger partial charge in [0.2, 0.25) is 11.9 Å². The zero-order valence-corrected chi connectivity index (χ0v) is 20.5. The molecule has 35 heavy (non-hydrogen) atoms. The fraction of sp³-hybridized carbons (Fsp3) is 0.346. The van der Waals surface area contributed by atoms with Crippen LogP contribution in [0.25, 0.3) is 11.2 Å². The molecule has 0 aliphatic carbocycles. The van der Waals surface area contributed by atoms with Crippen LogP contribution in [0.1, 0.15) is 20.8 Å². The molecule has 2 aromatic heterocycles. The second-order valence-corrected chi connectivity index (χ2v) is 8.70. The monoisotopic (exact) mass is 477 g/mol. The van der Waals surface area contributed by atoms with E-state index in [1.54, 1.807) is 19.2 Å². The lowest BCUT2D eigenvalue weighted by molar-refractivity contribution is 0.122. The van der Waals surface area contributed by atoms with Gasteiger partial charge in [-0.1, -0.05) is 26.5 Å². The molecule has 0 atom stereocenters. The van der Waals surface area contributed by atoms with E-state index in [0.717, 1.165) is 37.7 Å². The standard InChI is InChI=1S/C26H32FN7O/c1-5-7-21(27)22(6-2)30-26-31-23-16-28-25(32-24(23)34(26)17-18(3)4)29-19-8-10-20(11-9-19)33-12-14-35-15-13-33/h5-11,16,18H,2,12-15,17H2,1,3-4H3,(H,30,31)(H,28,29,32)/b7-5-,22-21-. The highest BCUT2D eigenvalue weighted by Gasteiger charge is 2.16. The summed E-state index contributed by atoms with van der Waals surface area (Å²) in [4.78, 5) is 16.1. The number of aromatic nitrogens is 4. The van der Waals surface area contributed by atoms with Gasteiger partial charge in [0.25, 0.3) is 0 Å². The van der Waals surface area contributed by atoms with Gasteiger partial charge in [-0.3, -0.25) is 4.57 Å². The summed E-state index contributed by atoms with van der Waals surface area (Å²) in [5, 5.41) is 6.35. The minimum absolute atomic E-state index is 0.245. The van der Waals surface area contributed by atoms with Gasteiger partial charge in [0.05, 0.1) is 25.1 Å². The van der Waals surface area contributed by atoms with Crippen molar-refractivity contribution in [2.75, 3.05) is 41.8 Å². The SMILES string of the molecule is C=C/C(Nc1nc2cnc(Nc3ccc(N4CCOCC4)cc3)nc2n1CC(C)C)=C(F)\C=C/C. The van der Waals surface area contributed by atoms with Crippen molar-refractivity contribution in [2.24, 2.45) is 5.92 Å². The Morgan fingerprint density at radius 2 is 1.94 bits per heavy atom. The number of allylic oxidation sites excluding steroid dienone is 4. The van der Waals surface area contributed by atoms with Crippen molar-refractivity contribution in [1.82, 2.24) is 19.5 Å². The topological polar surface area (TPSA) is 80.1 Å². The molecule has 1 aromatic carbocycles. The third-order valence-electron chi connectivity index (χ3n) is 5.56. The van der Waals surface area contributed by atoms with Gasteiger partial charge in [-0.25, -0.2) is 14.4 Å². The number of nitrogens with zero attached hydrogens (tertiary/aromatic N) is 5. The van der Waals surface area contributed by atoms with Gasteiger partial charge in [0.1, 0.15) is 11.3 Å². The van der Waals surface area contributed by atoms with Gasteiger partial charge in [0, 0.05) is 31.0 Å². The smallest absolute Gasteiger partial charge is 0.229 e. The predicted molar refractivity (Wildman–Crippen MR) is 140 cm³/mol. The highest BCUT2D eigenvalue weighted by molar-refractivity contribution is 5.76. The maximum absolute atomic E-state index is 14.4. The molecule has 0 spiro atoms. The van der Waals surface area contributed by atoms with E-state index >= 15 is 0 Å². The fourth-order valence-corrected chi connectivity index (χ4v) is 3.88. The maximum atomic E-state index is 14.4. The molecular weight excluding hydrogens is 445 g/mol. The molecule has 3 heterocycles. The van der Waals surface area contributed by atoms with E-state index < -0.39 is 5.83 Å². The molecule has 0 amide bonds. The van der Waals surface area contributed by atoms with Crippen molar-refractivity contribution < 1.29 is 9.13 Å². The van der Waals surface area contributed by atoms with Crippen molar-refractivity contribution in [3.63, 3.8) is 0 Å². The second kappa shape index (κ2) is 11.1. The number of benzene rings is 1. The van der Waals surface area contributed by atoms with Gasteiger partial charge < -0.3 is 20.3 Å². The third-order valence-corrected chi connectivity index (χ3v) is 5.56. The van der Waals surface area contributed by atoms with Crippen LogP contribution in [0.15, 0.2) is 66.8 Å². The summed E-state index contributed by atoms with van der Waals surface area (Å²) in [6, 6.07) is 8.20. The summed E-state index contributed by atoms with van der Waals surface area (Å²) in [6.45, 7) is 13.6. The van der Waals surface area contributed by atoms with Crippen molar-refractivity contribution in [3.8, 4) is 0 Å². The van der Waals surface area contributed by atoms with Crippen LogP contribution in [0.4, 0.5) is 27.7 Å². The van der Waals surface area contributed by atoms with E-state index in [4.69, 9.17) is 9.72 Å². The zero-order valence-electron chi connectivity index (χ0n) is 20.5. The minimum atomic E-state index is -0.417. The Kier molecular flexibility index (Phi) is 7.77. The quantitative estimate of drug-likeness (QED) is 0.399. The summed E-state index contributed by atoms with van der Waals surface area (Å²) in [5.41, 5.74) is 3.59. The number of imidazole rings is 1. The summed E-state index contributed by atoms with van der Waals surface area (Å²) < 4.78 is 21.8. The number of anilines is 4. The lowest BCUT2D eigenvalue weighted by Crippen LogP contribution is -2.36. The van der Waals surface area contributed by atoms with Crippen LogP contribution < -0.4 is 15.5 Å². The number of morpholine rings is 1. The van der Waals surface area contributed by atoms with Crippen LogP contribution in [0.5, 0.6) is 0 Å². The molecule has 0 saturated carbocycles. The fourth-order valence-electron chi connectivity index (χ4n) is 3.88. The number of rotatable bonds is 9. The number of halogens is 1. The molecule has 4 rings (SSSR count). The third kappa shape index (κ3) is 5.86. The Morgan fingerprint density at radius 3 is 2.60 bits per heavy atom. The molecule has 8 nitrogen and oxygen atoms in total. The van der Waals surface area contributed by atoms with Crippen LogP contribution in [0.2, 0.25) is 0 Å². The summed E-state index contributed by atoms with van der Waals surface area (Å²) in [6.07, 6.45) is 6.13. The molecule has 1 aliphatic rings. The van der Waals surface area contributed by atoms with E-state index in [-0.39, 0.29) is 5.70 Å². The first kappa shape index (κ1) is 24.4. The van der Waals surface area contributed by atoms with E-state index in [9.17, 15) is 4.39 Å². The van der Waals surface area contributed by atoms with Crippen LogP contribution in [0, 0.1) is 5.92 Å². The minimum Gasteiger partial charge on any atom is -0.378 e. The number of ether oxygens (including phenoxy) is 1. The van der Waals surface area contributed by atoms with Gasteiger partial charge in [-0.05, 0) is 49.3 Å². The molecule has 1 fully saturated rings. The molecule has 1 aliphatic heterocycles.